The van der Waals surface area contributed by atoms with Crippen molar-refractivity contribution in [3.63, 3.8) is 0 Å². The summed E-state index contributed by atoms with van der Waals surface area (Å²) < 4.78 is 11.4. The van der Waals surface area contributed by atoms with Crippen molar-refractivity contribution in [1.82, 2.24) is 10.6 Å². The summed E-state index contributed by atoms with van der Waals surface area (Å²) in [5.74, 6) is 1.58. The van der Waals surface area contributed by atoms with Crippen molar-refractivity contribution in [3.05, 3.63) is 29.3 Å². The van der Waals surface area contributed by atoms with Crippen molar-refractivity contribution in [3.8, 4) is 5.75 Å². The minimum Gasteiger partial charge on any atom is -0.493 e. The van der Waals surface area contributed by atoms with E-state index in [1.807, 2.05) is 6.07 Å². The zero-order valence-corrected chi connectivity index (χ0v) is 13.8. The fourth-order valence-electron chi connectivity index (χ4n) is 3.07. The van der Waals surface area contributed by atoms with E-state index in [0.717, 1.165) is 56.0 Å². The highest BCUT2D eigenvalue weighted by Gasteiger charge is 2.22. The number of aryl methyl sites for hydroxylation is 1. The fraction of sp³-hybridized carbons (Fsp3) is 0.611. The highest BCUT2D eigenvalue weighted by Crippen LogP contribution is 2.23. The number of rotatable bonds is 6. The molecule has 23 heavy (non-hydrogen) atoms. The predicted molar refractivity (Wildman–Crippen MR) is 88.4 cm³/mol. The van der Waals surface area contributed by atoms with Gasteiger partial charge in [-0.05, 0) is 37.9 Å². The lowest BCUT2D eigenvalue weighted by Gasteiger charge is -2.16. The fourth-order valence-corrected chi connectivity index (χ4v) is 3.07. The monoisotopic (exact) mass is 318 g/mol. The number of amides is 1. The topological polar surface area (TPSA) is 59.6 Å². The summed E-state index contributed by atoms with van der Waals surface area (Å²) in [6.45, 7) is 6.58. The average molecular weight is 318 g/mol. The molecule has 1 aromatic carbocycles. The Bertz CT molecular complexity index is 535. The second kappa shape index (κ2) is 7.79. The van der Waals surface area contributed by atoms with E-state index >= 15 is 0 Å². The third-order valence-corrected chi connectivity index (χ3v) is 4.61. The standard InChI is InChI=1S/C18H26N2O3/c1-13-2-3-15(10-20-18(21)16-4-6-19-9-16)17(8-13)23-12-14-5-7-22-11-14/h2-3,8,14,16,19H,4-7,9-12H2,1H3,(H,20,21)/t14-,16-/m1/s1. The van der Waals surface area contributed by atoms with E-state index in [1.54, 1.807) is 0 Å². The molecule has 2 N–H and O–H groups in total. The molecule has 3 rings (SSSR count). The first-order chi connectivity index (χ1) is 11.2. The number of carbonyl (C=O) groups excluding carboxylic acids is 1. The van der Waals surface area contributed by atoms with Gasteiger partial charge in [0.05, 0.1) is 19.1 Å². The van der Waals surface area contributed by atoms with Crippen LogP contribution in [0.1, 0.15) is 24.0 Å². The maximum atomic E-state index is 12.2. The first-order valence-corrected chi connectivity index (χ1v) is 8.51. The van der Waals surface area contributed by atoms with Gasteiger partial charge in [0.1, 0.15) is 5.75 Å². The van der Waals surface area contributed by atoms with Gasteiger partial charge in [-0.1, -0.05) is 12.1 Å². The molecule has 5 nitrogen and oxygen atoms in total. The minimum atomic E-state index is 0.0976. The Morgan fingerprint density at radius 3 is 3.09 bits per heavy atom. The quantitative estimate of drug-likeness (QED) is 0.837. The Morgan fingerprint density at radius 1 is 1.43 bits per heavy atom. The number of nitrogens with one attached hydrogen (secondary N) is 2. The van der Waals surface area contributed by atoms with Gasteiger partial charge in [0, 0.05) is 31.2 Å². The minimum absolute atomic E-state index is 0.0976. The molecule has 2 atom stereocenters. The molecule has 0 aromatic heterocycles. The van der Waals surface area contributed by atoms with Crippen LogP contribution in [0.2, 0.25) is 0 Å². The van der Waals surface area contributed by atoms with Crippen LogP contribution in [0.5, 0.6) is 5.75 Å². The van der Waals surface area contributed by atoms with Gasteiger partial charge in [-0.15, -0.1) is 0 Å². The van der Waals surface area contributed by atoms with E-state index in [2.05, 4.69) is 29.7 Å². The number of carbonyl (C=O) groups is 1. The number of ether oxygens (including phenoxy) is 2. The highest BCUT2D eigenvalue weighted by atomic mass is 16.5. The van der Waals surface area contributed by atoms with E-state index in [-0.39, 0.29) is 11.8 Å². The van der Waals surface area contributed by atoms with Gasteiger partial charge < -0.3 is 20.1 Å². The van der Waals surface area contributed by atoms with Crippen LogP contribution in [0.25, 0.3) is 0 Å². The van der Waals surface area contributed by atoms with Gasteiger partial charge >= 0.3 is 0 Å². The van der Waals surface area contributed by atoms with Gasteiger partial charge in [-0.3, -0.25) is 4.79 Å². The lowest BCUT2D eigenvalue weighted by Crippen LogP contribution is -2.31. The lowest BCUT2D eigenvalue weighted by molar-refractivity contribution is -0.124. The van der Waals surface area contributed by atoms with Crippen molar-refractivity contribution in [1.29, 1.82) is 0 Å². The van der Waals surface area contributed by atoms with Crippen molar-refractivity contribution in [2.45, 2.75) is 26.3 Å². The molecule has 1 aromatic rings. The smallest absolute Gasteiger partial charge is 0.224 e. The number of hydrogen-bond acceptors (Lipinski definition) is 4. The number of benzene rings is 1. The summed E-state index contributed by atoms with van der Waals surface area (Å²) in [7, 11) is 0. The largest absolute Gasteiger partial charge is 0.493 e. The van der Waals surface area contributed by atoms with E-state index in [9.17, 15) is 4.79 Å². The van der Waals surface area contributed by atoms with Crippen molar-refractivity contribution in [2.24, 2.45) is 11.8 Å². The summed E-state index contributed by atoms with van der Waals surface area (Å²) in [4.78, 5) is 12.2. The average Bonchev–Trinajstić information content (AvgIpc) is 3.25. The van der Waals surface area contributed by atoms with E-state index in [0.29, 0.717) is 19.1 Å². The third-order valence-electron chi connectivity index (χ3n) is 4.61. The Balaban J connectivity index is 1.57. The molecule has 0 spiro atoms. The third kappa shape index (κ3) is 4.45. The predicted octanol–water partition coefficient (Wildman–Crippen LogP) is 1.64. The van der Waals surface area contributed by atoms with Crippen molar-refractivity contribution in [2.75, 3.05) is 32.9 Å². The van der Waals surface area contributed by atoms with Crippen LogP contribution in [0, 0.1) is 18.8 Å². The summed E-state index contributed by atoms with van der Waals surface area (Å²) in [5.41, 5.74) is 2.20. The van der Waals surface area contributed by atoms with Gasteiger partial charge in [-0.2, -0.15) is 0 Å². The molecular formula is C18H26N2O3. The summed E-state index contributed by atoms with van der Waals surface area (Å²) in [6.07, 6.45) is 1.98. The Kier molecular flexibility index (Phi) is 5.51. The SMILES string of the molecule is Cc1ccc(CNC(=O)[C@@H]2CCNC2)c(OC[C@@H]2CCOC2)c1. The van der Waals surface area contributed by atoms with E-state index < -0.39 is 0 Å². The molecule has 0 bridgehead atoms. The highest BCUT2D eigenvalue weighted by molar-refractivity contribution is 5.79. The van der Waals surface area contributed by atoms with Crippen LogP contribution >= 0.6 is 0 Å². The zero-order valence-electron chi connectivity index (χ0n) is 13.8. The number of hydrogen-bond donors (Lipinski definition) is 2. The summed E-state index contributed by atoms with van der Waals surface area (Å²) in [6, 6.07) is 6.15. The Labute approximate surface area is 137 Å². The molecule has 5 heteroatoms. The molecule has 126 valence electrons. The van der Waals surface area contributed by atoms with E-state index in [4.69, 9.17) is 9.47 Å². The van der Waals surface area contributed by atoms with Crippen LogP contribution in [0.15, 0.2) is 18.2 Å². The molecule has 0 radical (unpaired) electrons. The van der Waals surface area contributed by atoms with E-state index in [1.165, 1.54) is 0 Å². The molecule has 0 aliphatic carbocycles. The first kappa shape index (κ1) is 16.3. The van der Waals surface area contributed by atoms with Crippen LogP contribution in [-0.2, 0) is 16.1 Å². The van der Waals surface area contributed by atoms with Gasteiger partial charge in [0.25, 0.3) is 0 Å². The first-order valence-electron chi connectivity index (χ1n) is 8.51. The van der Waals surface area contributed by atoms with Gasteiger partial charge in [0.2, 0.25) is 5.91 Å². The molecule has 0 saturated carbocycles. The van der Waals surface area contributed by atoms with Crippen molar-refractivity contribution < 1.29 is 14.3 Å². The molecule has 1 amide bonds. The van der Waals surface area contributed by atoms with Crippen LogP contribution in [0.4, 0.5) is 0 Å². The second-order valence-electron chi connectivity index (χ2n) is 6.56. The molecule has 2 heterocycles. The lowest BCUT2D eigenvalue weighted by atomic mass is 10.1. The van der Waals surface area contributed by atoms with Crippen molar-refractivity contribution >= 4 is 5.91 Å². The normalized spacial score (nSPS) is 23.9. The second-order valence-corrected chi connectivity index (χ2v) is 6.56. The summed E-state index contributed by atoms with van der Waals surface area (Å²) in [5, 5.41) is 6.27. The molecule has 2 aliphatic rings. The van der Waals surface area contributed by atoms with Crippen LogP contribution in [-0.4, -0.2) is 38.8 Å². The Morgan fingerprint density at radius 2 is 2.35 bits per heavy atom. The maximum Gasteiger partial charge on any atom is 0.224 e. The van der Waals surface area contributed by atoms with Gasteiger partial charge in [-0.25, -0.2) is 0 Å². The Hall–Kier alpha value is -1.59. The maximum absolute atomic E-state index is 12.2. The molecular weight excluding hydrogens is 292 g/mol. The van der Waals surface area contributed by atoms with Crippen LogP contribution < -0.4 is 15.4 Å². The van der Waals surface area contributed by atoms with Gasteiger partial charge in [0.15, 0.2) is 0 Å². The van der Waals surface area contributed by atoms with Crippen LogP contribution in [0.3, 0.4) is 0 Å². The molecule has 2 fully saturated rings. The zero-order chi connectivity index (χ0) is 16.1. The molecule has 2 aliphatic heterocycles. The molecule has 0 unspecified atom stereocenters. The molecule has 2 saturated heterocycles. The summed E-state index contributed by atoms with van der Waals surface area (Å²) >= 11 is 0.